The maximum absolute atomic E-state index is 12.0. The van der Waals surface area contributed by atoms with Crippen LogP contribution in [0.4, 0.5) is 5.13 Å². The van der Waals surface area contributed by atoms with Gasteiger partial charge < -0.3 is 14.2 Å². The number of anilines is 1. The molecular formula is C18H19N5O4S2. The lowest BCUT2D eigenvalue weighted by atomic mass is 10.1. The molecule has 0 saturated carbocycles. The number of carbonyl (C=O) groups excluding carboxylic acids is 1. The van der Waals surface area contributed by atoms with Gasteiger partial charge in [-0.15, -0.1) is 20.4 Å². The van der Waals surface area contributed by atoms with Crippen LogP contribution in [0.25, 0.3) is 11.3 Å². The number of methoxy groups -OCH3 is 3. The summed E-state index contributed by atoms with van der Waals surface area (Å²) in [6.07, 6.45) is 0. The number of rotatable bonds is 8. The van der Waals surface area contributed by atoms with Crippen molar-refractivity contribution in [2.24, 2.45) is 0 Å². The van der Waals surface area contributed by atoms with Crippen molar-refractivity contribution in [1.82, 2.24) is 20.4 Å². The summed E-state index contributed by atoms with van der Waals surface area (Å²) in [5, 5.41) is 20.8. The number of thioether (sulfide) groups is 1. The van der Waals surface area contributed by atoms with Crippen molar-refractivity contribution in [3.05, 3.63) is 29.3 Å². The van der Waals surface area contributed by atoms with Gasteiger partial charge >= 0.3 is 0 Å². The highest BCUT2D eigenvalue weighted by Crippen LogP contribution is 2.40. The zero-order valence-corrected chi connectivity index (χ0v) is 17.9. The summed E-state index contributed by atoms with van der Waals surface area (Å²) in [4.78, 5) is 12.0. The minimum atomic E-state index is -0.179. The molecule has 152 valence electrons. The van der Waals surface area contributed by atoms with Crippen molar-refractivity contribution in [3.8, 4) is 28.5 Å². The van der Waals surface area contributed by atoms with Crippen LogP contribution in [0, 0.1) is 6.92 Å². The fraction of sp³-hybridized carbons (Fsp3) is 0.278. The van der Waals surface area contributed by atoms with Crippen LogP contribution in [0.5, 0.6) is 17.2 Å². The zero-order chi connectivity index (χ0) is 20.8. The second kappa shape index (κ2) is 9.52. The minimum absolute atomic E-state index is 0.179. The van der Waals surface area contributed by atoms with E-state index in [1.54, 1.807) is 39.5 Å². The van der Waals surface area contributed by atoms with Crippen LogP contribution < -0.4 is 19.5 Å². The number of ether oxygens (including phenoxy) is 3. The molecule has 0 unspecified atom stereocenters. The highest BCUT2D eigenvalue weighted by atomic mass is 32.2. The molecule has 0 bridgehead atoms. The topological polar surface area (TPSA) is 108 Å². The molecule has 0 aliphatic carbocycles. The van der Waals surface area contributed by atoms with Crippen LogP contribution in [0.1, 0.15) is 5.01 Å². The summed E-state index contributed by atoms with van der Waals surface area (Å²) in [5.74, 6) is 1.59. The van der Waals surface area contributed by atoms with E-state index in [-0.39, 0.29) is 11.7 Å². The van der Waals surface area contributed by atoms with Crippen molar-refractivity contribution < 1.29 is 19.0 Å². The molecule has 0 saturated heterocycles. The summed E-state index contributed by atoms with van der Waals surface area (Å²) in [5.41, 5.74) is 1.41. The van der Waals surface area contributed by atoms with Crippen LogP contribution in [-0.4, -0.2) is 53.4 Å². The largest absolute Gasteiger partial charge is 0.493 e. The Balaban J connectivity index is 1.67. The Bertz CT molecular complexity index is 969. The van der Waals surface area contributed by atoms with Crippen LogP contribution in [0.2, 0.25) is 0 Å². The molecule has 2 heterocycles. The molecule has 9 nitrogen and oxygen atoms in total. The predicted octanol–water partition coefficient (Wildman–Crippen LogP) is 3.06. The molecule has 0 fully saturated rings. The van der Waals surface area contributed by atoms with E-state index in [1.807, 2.05) is 13.0 Å². The summed E-state index contributed by atoms with van der Waals surface area (Å²) < 4.78 is 16.1. The Morgan fingerprint density at radius 2 is 1.76 bits per heavy atom. The van der Waals surface area contributed by atoms with Gasteiger partial charge in [-0.2, -0.15) is 0 Å². The average Bonchev–Trinajstić information content (AvgIpc) is 3.15. The first-order valence-electron chi connectivity index (χ1n) is 8.41. The molecule has 0 radical (unpaired) electrons. The molecule has 29 heavy (non-hydrogen) atoms. The molecule has 1 N–H and O–H groups in total. The second-order valence-electron chi connectivity index (χ2n) is 5.63. The normalized spacial score (nSPS) is 10.5. The van der Waals surface area contributed by atoms with Gasteiger partial charge in [0.2, 0.25) is 16.8 Å². The predicted molar refractivity (Wildman–Crippen MR) is 111 cm³/mol. The van der Waals surface area contributed by atoms with Gasteiger partial charge in [-0.05, 0) is 31.2 Å². The SMILES string of the molecule is COc1cc(-c2ccc(SCC(=O)Nc3nnc(C)s3)nn2)cc(OC)c1OC. The Morgan fingerprint density at radius 1 is 1.03 bits per heavy atom. The summed E-state index contributed by atoms with van der Waals surface area (Å²) in [6, 6.07) is 7.23. The van der Waals surface area contributed by atoms with E-state index >= 15 is 0 Å². The molecule has 0 atom stereocenters. The van der Waals surface area contributed by atoms with Crippen molar-refractivity contribution in [3.63, 3.8) is 0 Å². The first kappa shape index (κ1) is 20.8. The third-order valence-electron chi connectivity index (χ3n) is 3.72. The lowest BCUT2D eigenvalue weighted by Gasteiger charge is -2.13. The third-order valence-corrected chi connectivity index (χ3v) is 5.40. The van der Waals surface area contributed by atoms with Crippen LogP contribution in [0.3, 0.4) is 0 Å². The summed E-state index contributed by atoms with van der Waals surface area (Å²) in [7, 11) is 4.66. The Morgan fingerprint density at radius 3 is 2.28 bits per heavy atom. The van der Waals surface area contributed by atoms with E-state index in [0.717, 1.165) is 10.6 Å². The van der Waals surface area contributed by atoms with Gasteiger partial charge in [-0.25, -0.2) is 0 Å². The Kier molecular flexibility index (Phi) is 6.83. The van der Waals surface area contributed by atoms with E-state index in [2.05, 4.69) is 25.7 Å². The van der Waals surface area contributed by atoms with Gasteiger partial charge in [0, 0.05) is 5.56 Å². The smallest absolute Gasteiger partial charge is 0.236 e. The number of aromatic nitrogens is 4. The maximum Gasteiger partial charge on any atom is 0.236 e. The van der Waals surface area contributed by atoms with E-state index < -0.39 is 0 Å². The molecule has 0 aliphatic heterocycles. The van der Waals surface area contributed by atoms with Crippen LogP contribution in [-0.2, 0) is 4.79 Å². The first-order chi connectivity index (χ1) is 14.0. The first-order valence-corrected chi connectivity index (χ1v) is 10.2. The molecule has 11 heteroatoms. The van der Waals surface area contributed by atoms with Crippen molar-refractivity contribution in [1.29, 1.82) is 0 Å². The monoisotopic (exact) mass is 433 g/mol. The summed E-state index contributed by atoms with van der Waals surface area (Å²) in [6.45, 7) is 1.83. The van der Waals surface area contributed by atoms with Gasteiger partial charge in [-0.3, -0.25) is 10.1 Å². The van der Waals surface area contributed by atoms with Gasteiger partial charge in [0.05, 0.1) is 32.8 Å². The van der Waals surface area contributed by atoms with Gasteiger partial charge in [0.15, 0.2) is 11.5 Å². The van der Waals surface area contributed by atoms with Gasteiger partial charge in [0.1, 0.15) is 10.0 Å². The number of aryl methyl sites for hydroxylation is 1. The van der Waals surface area contributed by atoms with E-state index in [1.165, 1.54) is 23.1 Å². The van der Waals surface area contributed by atoms with Crippen LogP contribution in [0.15, 0.2) is 29.3 Å². The van der Waals surface area contributed by atoms with Crippen molar-refractivity contribution in [2.75, 3.05) is 32.4 Å². The quantitative estimate of drug-likeness (QED) is 0.536. The maximum atomic E-state index is 12.0. The van der Waals surface area contributed by atoms with Crippen molar-refractivity contribution in [2.45, 2.75) is 11.9 Å². The number of hydrogen-bond donors (Lipinski definition) is 1. The van der Waals surface area contributed by atoms with Gasteiger partial charge in [-0.1, -0.05) is 23.1 Å². The number of amides is 1. The molecule has 0 spiro atoms. The Labute approximate surface area is 175 Å². The van der Waals surface area contributed by atoms with Crippen LogP contribution >= 0.6 is 23.1 Å². The fourth-order valence-electron chi connectivity index (χ4n) is 2.42. The number of benzene rings is 1. The zero-order valence-electron chi connectivity index (χ0n) is 16.3. The van der Waals surface area contributed by atoms with Crippen molar-refractivity contribution >= 4 is 34.1 Å². The molecule has 1 amide bonds. The lowest BCUT2D eigenvalue weighted by Crippen LogP contribution is -2.14. The molecule has 3 rings (SSSR count). The third kappa shape index (κ3) is 5.12. The fourth-order valence-corrected chi connectivity index (χ4v) is 3.64. The second-order valence-corrected chi connectivity index (χ2v) is 7.81. The summed E-state index contributed by atoms with van der Waals surface area (Å²) >= 11 is 2.61. The van der Waals surface area contributed by atoms with E-state index in [0.29, 0.717) is 33.1 Å². The number of nitrogens with one attached hydrogen (secondary N) is 1. The average molecular weight is 434 g/mol. The highest BCUT2D eigenvalue weighted by molar-refractivity contribution is 7.99. The molecule has 0 aliphatic rings. The lowest BCUT2D eigenvalue weighted by molar-refractivity contribution is -0.113. The molecular weight excluding hydrogens is 414 g/mol. The minimum Gasteiger partial charge on any atom is -0.493 e. The highest BCUT2D eigenvalue weighted by Gasteiger charge is 2.15. The van der Waals surface area contributed by atoms with Gasteiger partial charge in [0.25, 0.3) is 0 Å². The number of carbonyl (C=O) groups is 1. The van der Waals surface area contributed by atoms with E-state index in [9.17, 15) is 4.79 Å². The van der Waals surface area contributed by atoms with E-state index in [4.69, 9.17) is 14.2 Å². The molecule has 3 aromatic rings. The Hall–Kier alpha value is -2.92. The number of nitrogens with zero attached hydrogens (tertiary/aromatic N) is 4. The number of hydrogen-bond acceptors (Lipinski definition) is 10. The molecule has 1 aromatic carbocycles. The molecule has 2 aromatic heterocycles. The standard InChI is InChI=1S/C18H19N5O4S2/c1-10-20-23-18(29-10)19-15(24)9-28-16-6-5-12(21-22-16)11-7-13(25-2)17(27-4)14(8-11)26-3/h5-8H,9H2,1-4H3,(H,19,23,24).